The van der Waals surface area contributed by atoms with Gasteiger partial charge in [-0.2, -0.15) is 0 Å². The van der Waals surface area contributed by atoms with Gasteiger partial charge in [-0.15, -0.1) is 0 Å². The fourth-order valence-electron chi connectivity index (χ4n) is 2.52. The SMILES string of the molecule is COC(=O)c1c(O)cc(=O)n(-c2cccc3ccccc23)c1O. The van der Waals surface area contributed by atoms with Crippen LogP contribution in [0.1, 0.15) is 10.4 Å². The third-order valence-corrected chi connectivity index (χ3v) is 3.57. The first-order chi connectivity index (χ1) is 11.0. The van der Waals surface area contributed by atoms with Crippen LogP contribution in [0, 0.1) is 0 Å². The number of ether oxygens (including phenoxy) is 1. The molecule has 0 saturated carbocycles. The van der Waals surface area contributed by atoms with Crippen molar-refractivity contribution >= 4 is 16.7 Å². The van der Waals surface area contributed by atoms with Crippen molar-refractivity contribution in [2.45, 2.75) is 0 Å². The maximum atomic E-state index is 12.3. The number of pyridine rings is 1. The van der Waals surface area contributed by atoms with Crippen LogP contribution in [0.3, 0.4) is 0 Å². The lowest BCUT2D eigenvalue weighted by Gasteiger charge is -2.14. The quantitative estimate of drug-likeness (QED) is 0.708. The third kappa shape index (κ3) is 2.30. The van der Waals surface area contributed by atoms with Crippen molar-refractivity contribution in [2.75, 3.05) is 7.11 Å². The van der Waals surface area contributed by atoms with E-state index in [2.05, 4.69) is 4.74 Å². The molecule has 0 unspecified atom stereocenters. The lowest BCUT2D eigenvalue weighted by molar-refractivity contribution is 0.0592. The third-order valence-electron chi connectivity index (χ3n) is 3.57. The molecule has 0 saturated heterocycles. The van der Waals surface area contributed by atoms with Crippen LogP contribution in [0.25, 0.3) is 16.5 Å². The van der Waals surface area contributed by atoms with Crippen LogP contribution in [-0.2, 0) is 4.74 Å². The highest BCUT2D eigenvalue weighted by molar-refractivity contribution is 5.96. The maximum absolute atomic E-state index is 12.3. The topological polar surface area (TPSA) is 88.8 Å². The Morgan fingerprint density at radius 1 is 1.09 bits per heavy atom. The second-order valence-electron chi connectivity index (χ2n) is 4.89. The number of hydrogen-bond donors (Lipinski definition) is 2. The molecule has 0 aliphatic rings. The van der Waals surface area contributed by atoms with Crippen LogP contribution in [0.4, 0.5) is 0 Å². The van der Waals surface area contributed by atoms with Gasteiger partial charge in [-0.25, -0.2) is 9.36 Å². The van der Waals surface area contributed by atoms with E-state index in [4.69, 9.17) is 0 Å². The molecular formula is C17H13NO5. The number of methoxy groups -OCH3 is 1. The predicted molar refractivity (Wildman–Crippen MR) is 84.2 cm³/mol. The first-order valence-corrected chi connectivity index (χ1v) is 6.79. The van der Waals surface area contributed by atoms with E-state index in [1.165, 1.54) is 0 Å². The molecule has 0 aliphatic carbocycles. The number of esters is 1. The van der Waals surface area contributed by atoms with Gasteiger partial charge in [0.05, 0.1) is 12.8 Å². The Labute approximate surface area is 130 Å². The number of benzene rings is 2. The average Bonchev–Trinajstić information content (AvgIpc) is 2.54. The summed E-state index contributed by atoms with van der Waals surface area (Å²) in [5, 5.41) is 21.7. The molecule has 0 radical (unpaired) electrons. The van der Waals surface area contributed by atoms with Gasteiger partial charge in [0.15, 0.2) is 5.56 Å². The maximum Gasteiger partial charge on any atom is 0.347 e. The van der Waals surface area contributed by atoms with Crippen LogP contribution < -0.4 is 5.56 Å². The second-order valence-corrected chi connectivity index (χ2v) is 4.89. The number of carbonyl (C=O) groups excluding carboxylic acids is 1. The lowest BCUT2D eigenvalue weighted by Crippen LogP contribution is -2.20. The monoisotopic (exact) mass is 311 g/mol. The van der Waals surface area contributed by atoms with Crippen molar-refractivity contribution in [3.8, 4) is 17.3 Å². The van der Waals surface area contributed by atoms with Gasteiger partial charge in [-0.3, -0.25) is 4.79 Å². The van der Waals surface area contributed by atoms with Gasteiger partial charge < -0.3 is 14.9 Å². The Kier molecular flexibility index (Phi) is 3.50. The van der Waals surface area contributed by atoms with Gasteiger partial charge in [-0.05, 0) is 11.5 Å². The number of hydrogen-bond acceptors (Lipinski definition) is 5. The molecular weight excluding hydrogens is 298 g/mol. The zero-order chi connectivity index (χ0) is 16.6. The number of fused-ring (bicyclic) bond motifs is 1. The van der Waals surface area contributed by atoms with Crippen LogP contribution in [0.2, 0.25) is 0 Å². The van der Waals surface area contributed by atoms with Crippen molar-refractivity contribution in [2.24, 2.45) is 0 Å². The first kappa shape index (κ1) is 14.6. The van der Waals surface area contributed by atoms with E-state index in [1.807, 2.05) is 18.2 Å². The van der Waals surface area contributed by atoms with Crippen LogP contribution in [0.15, 0.2) is 53.3 Å². The average molecular weight is 311 g/mol. The fourth-order valence-corrected chi connectivity index (χ4v) is 2.52. The molecule has 0 bridgehead atoms. The molecule has 2 N–H and O–H groups in total. The van der Waals surface area contributed by atoms with E-state index in [9.17, 15) is 19.8 Å². The molecule has 0 amide bonds. The summed E-state index contributed by atoms with van der Waals surface area (Å²) in [5.41, 5.74) is -0.722. The van der Waals surface area contributed by atoms with Gasteiger partial charge in [-0.1, -0.05) is 36.4 Å². The zero-order valence-electron chi connectivity index (χ0n) is 12.2. The summed E-state index contributed by atoms with van der Waals surface area (Å²) in [7, 11) is 1.12. The number of carbonyl (C=O) groups is 1. The molecule has 1 aromatic heterocycles. The van der Waals surface area contributed by atoms with Gasteiger partial charge in [0, 0.05) is 11.5 Å². The predicted octanol–water partition coefficient (Wildman–Crippen LogP) is 2.19. The Morgan fingerprint density at radius 2 is 1.78 bits per heavy atom. The van der Waals surface area contributed by atoms with Gasteiger partial charge in [0.25, 0.3) is 5.56 Å². The van der Waals surface area contributed by atoms with E-state index in [1.54, 1.807) is 24.3 Å². The minimum absolute atomic E-state index is 0.399. The molecule has 3 aromatic rings. The van der Waals surface area contributed by atoms with Crippen LogP contribution in [-0.4, -0.2) is 27.9 Å². The van der Waals surface area contributed by atoms with E-state index >= 15 is 0 Å². The first-order valence-electron chi connectivity index (χ1n) is 6.79. The summed E-state index contributed by atoms with van der Waals surface area (Å²) >= 11 is 0. The highest BCUT2D eigenvalue weighted by atomic mass is 16.5. The van der Waals surface area contributed by atoms with Crippen molar-refractivity contribution < 1.29 is 19.7 Å². The van der Waals surface area contributed by atoms with Crippen molar-refractivity contribution in [1.29, 1.82) is 0 Å². The van der Waals surface area contributed by atoms with Crippen molar-refractivity contribution in [1.82, 2.24) is 4.57 Å². The lowest BCUT2D eigenvalue weighted by atomic mass is 10.1. The molecule has 0 aliphatic heterocycles. The zero-order valence-corrected chi connectivity index (χ0v) is 12.2. The number of aromatic hydroxyl groups is 2. The van der Waals surface area contributed by atoms with Crippen LogP contribution in [0.5, 0.6) is 11.6 Å². The normalized spacial score (nSPS) is 10.7. The summed E-state index contributed by atoms with van der Waals surface area (Å²) in [6, 6.07) is 13.4. The number of nitrogens with zero attached hydrogens (tertiary/aromatic N) is 1. The summed E-state index contributed by atoms with van der Waals surface area (Å²) in [4.78, 5) is 24.0. The molecule has 1 heterocycles. The largest absolute Gasteiger partial charge is 0.507 e. The van der Waals surface area contributed by atoms with E-state index < -0.39 is 28.7 Å². The van der Waals surface area contributed by atoms with E-state index in [0.29, 0.717) is 11.1 Å². The molecule has 23 heavy (non-hydrogen) atoms. The Hall–Kier alpha value is -3.28. The molecule has 0 fully saturated rings. The highest BCUT2D eigenvalue weighted by Crippen LogP contribution is 2.30. The molecule has 0 atom stereocenters. The number of aromatic nitrogens is 1. The summed E-state index contributed by atoms with van der Waals surface area (Å²) in [6.45, 7) is 0. The Bertz CT molecular complexity index is 969. The highest BCUT2D eigenvalue weighted by Gasteiger charge is 2.23. The summed E-state index contributed by atoms with van der Waals surface area (Å²) in [5.74, 6) is -2.23. The molecule has 6 nitrogen and oxygen atoms in total. The minimum Gasteiger partial charge on any atom is -0.507 e. The molecule has 6 heteroatoms. The smallest absolute Gasteiger partial charge is 0.347 e. The molecule has 0 spiro atoms. The molecule has 116 valence electrons. The summed E-state index contributed by atoms with van der Waals surface area (Å²) in [6.07, 6.45) is 0. The minimum atomic E-state index is -0.936. The van der Waals surface area contributed by atoms with Crippen molar-refractivity contribution in [3.05, 3.63) is 64.4 Å². The summed E-state index contributed by atoms with van der Waals surface area (Å²) < 4.78 is 5.51. The van der Waals surface area contributed by atoms with E-state index in [0.717, 1.165) is 23.1 Å². The standard InChI is InChI=1S/C17H13NO5/c1-23-17(22)15-13(19)9-14(20)18(16(15)21)12-8-4-6-10-5-2-3-7-11(10)12/h2-9,19,21H,1H3. The van der Waals surface area contributed by atoms with Crippen molar-refractivity contribution in [3.63, 3.8) is 0 Å². The molecule has 2 aromatic carbocycles. The second kappa shape index (κ2) is 5.49. The molecule has 3 rings (SSSR count). The number of rotatable bonds is 2. The van der Waals surface area contributed by atoms with Crippen LogP contribution >= 0.6 is 0 Å². The van der Waals surface area contributed by atoms with E-state index in [-0.39, 0.29) is 0 Å². The van der Waals surface area contributed by atoms with Gasteiger partial charge >= 0.3 is 5.97 Å². The Morgan fingerprint density at radius 3 is 2.52 bits per heavy atom. The van der Waals surface area contributed by atoms with Gasteiger partial charge in [0.2, 0.25) is 5.88 Å². The van der Waals surface area contributed by atoms with Gasteiger partial charge in [0.1, 0.15) is 5.75 Å². The fraction of sp³-hybridized carbons (Fsp3) is 0.0588. The Balaban J connectivity index is 2.40.